The van der Waals surface area contributed by atoms with Crippen LogP contribution in [0.4, 0.5) is 0 Å². The van der Waals surface area contributed by atoms with Crippen LogP contribution in [0.15, 0.2) is 0 Å². The van der Waals surface area contributed by atoms with Gasteiger partial charge in [-0.05, 0) is 32.3 Å². The molecule has 0 aliphatic heterocycles. The SMILES string of the molecule is COc1c(C)c(Cl)c(C)c(C2(C(=O)O)CCCCC2)c1O. The number of ether oxygens (including phenoxy) is 1. The number of hydrogen-bond donors (Lipinski definition) is 2. The van der Waals surface area contributed by atoms with Crippen LogP contribution in [0.25, 0.3) is 0 Å². The van der Waals surface area contributed by atoms with E-state index in [2.05, 4.69) is 0 Å². The summed E-state index contributed by atoms with van der Waals surface area (Å²) in [6.45, 7) is 3.52. The number of phenols is 1. The largest absolute Gasteiger partial charge is 0.504 e. The van der Waals surface area contributed by atoms with Crippen LogP contribution in [0.3, 0.4) is 0 Å². The lowest BCUT2D eigenvalue weighted by atomic mass is 9.67. The second kappa shape index (κ2) is 5.76. The number of aliphatic carboxylic acids is 1. The van der Waals surface area contributed by atoms with E-state index in [1.54, 1.807) is 13.8 Å². The molecular formula is C16H21ClO4. The van der Waals surface area contributed by atoms with Crippen molar-refractivity contribution in [3.8, 4) is 11.5 Å². The summed E-state index contributed by atoms with van der Waals surface area (Å²) in [5.41, 5.74) is 0.616. The zero-order chi connectivity index (χ0) is 15.8. The van der Waals surface area contributed by atoms with Gasteiger partial charge in [-0.1, -0.05) is 30.9 Å². The third kappa shape index (κ3) is 2.35. The Morgan fingerprint density at radius 3 is 2.24 bits per heavy atom. The molecule has 0 bridgehead atoms. The molecule has 2 N–H and O–H groups in total. The predicted octanol–water partition coefficient (Wildman–Crippen LogP) is 3.96. The monoisotopic (exact) mass is 312 g/mol. The number of hydrogen-bond acceptors (Lipinski definition) is 3. The highest BCUT2D eigenvalue weighted by Crippen LogP contribution is 2.51. The number of carboxylic acids is 1. The molecule has 0 spiro atoms. The van der Waals surface area contributed by atoms with E-state index in [-0.39, 0.29) is 11.5 Å². The number of phenolic OH excluding ortho intramolecular Hbond substituents is 1. The van der Waals surface area contributed by atoms with E-state index in [1.165, 1.54) is 7.11 Å². The fourth-order valence-electron chi connectivity index (χ4n) is 3.52. The minimum absolute atomic E-state index is 0.0822. The molecule has 1 fully saturated rings. The van der Waals surface area contributed by atoms with Gasteiger partial charge in [-0.3, -0.25) is 4.79 Å². The van der Waals surface area contributed by atoms with Crippen molar-refractivity contribution < 1.29 is 19.7 Å². The summed E-state index contributed by atoms with van der Waals surface area (Å²) in [4.78, 5) is 12.0. The lowest BCUT2D eigenvalue weighted by Gasteiger charge is -2.36. The third-order valence-corrected chi connectivity index (χ3v) is 5.19. The molecule has 1 saturated carbocycles. The van der Waals surface area contributed by atoms with Crippen molar-refractivity contribution in [3.63, 3.8) is 0 Å². The molecule has 0 atom stereocenters. The number of methoxy groups -OCH3 is 1. The van der Waals surface area contributed by atoms with Gasteiger partial charge in [-0.15, -0.1) is 0 Å². The van der Waals surface area contributed by atoms with Crippen molar-refractivity contribution in [2.45, 2.75) is 51.4 Å². The van der Waals surface area contributed by atoms with Gasteiger partial charge < -0.3 is 14.9 Å². The van der Waals surface area contributed by atoms with Crippen LogP contribution in [-0.4, -0.2) is 23.3 Å². The Balaban J connectivity index is 2.77. The van der Waals surface area contributed by atoms with Crippen molar-refractivity contribution in [1.82, 2.24) is 0 Å². The summed E-state index contributed by atoms with van der Waals surface area (Å²) in [6.07, 6.45) is 3.71. The summed E-state index contributed by atoms with van der Waals surface area (Å²) in [5, 5.41) is 20.9. The second-order valence-corrected chi connectivity index (χ2v) is 6.15. The third-order valence-electron chi connectivity index (χ3n) is 4.63. The van der Waals surface area contributed by atoms with Crippen molar-refractivity contribution in [1.29, 1.82) is 0 Å². The van der Waals surface area contributed by atoms with Gasteiger partial charge >= 0.3 is 5.97 Å². The van der Waals surface area contributed by atoms with E-state index in [1.807, 2.05) is 0 Å². The molecule has 4 nitrogen and oxygen atoms in total. The van der Waals surface area contributed by atoms with Gasteiger partial charge in [-0.2, -0.15) is 0 Å². The van der Waals surface area contributed by atoms with Crippen LogP contribution in [-0.2, 0) is 10.2 Å². The van der Waals surface area contributed by atoms with Crippen molar-refractivity contribution in [2.75, 3.05) is 7.11 Å². The first-order valence-electron chi connectivity index (χ1n) is 7.16. The number of benzene rings is 1. The Labute approximate surface area is 129 Å². The molecule has 5 heteroatoms. The number of carbonyl (C=O) groups is 1. The maximum Gasteiger partial charge on any atom is 0.314 e. The molecule has 0 heterocycles. The molecular weight excluding hydrogens is 292 g/mol. The zero-order valence-corrected chi connectivity index (χ0v) is 13.4. The molecule has 0 radical (unpaired) electrons. The molecule has 1 aliphatic carbocycles. The van der Waals surface area contributed by atoms with Gasteiger partial charge in [0.2, 0.25) is 0 Å². The highest BCUT2D eigenvalue weighted by molar-refractivity contribution is 6.32. The second-order valence-electron chi connectivity index (χ2n) is 5.77. The Kier molecular flexibility index (Phi) is 4.38. The quantitative estimate of drug-likeness (QED) is 0.886. The molecule has 0 unspecified atom stereocenters. The fourth-order valence-corrected chi connectivity index (χ4v) is 3.70. The normalized spacial score (nSPS) is 17.5. The molecule has 1 aliphatic rings. The van der Waals surface area contributed by atoms with Gasteiger partial charge in [0.05, 0.1) is 17.5 Å². The highest BCUT2D eigenvalue weighted by atomic mass is 35.5. The first kappa shape index (κ1) is 16.0. The zero-order valence-electron chi connectivity index (χ0n) is 12.6. The van der Waals surface area contributed by atoms with E-state index in [0.717, 1.165) is 19.3 Å². The van der Waals surface area contributed by atoms with Crippen molar-refractivity contribution in [2.24, 2.45) is 0 Å². The Morgan fingerprint density at radius 2 is 1.76 bits per heavy atom. The van der Waals surface area contributed by atoms with E-state index >= 15 is 0 Å². The van der Waals surface area contributed by atoms with Gasteiger partial charge in [0.25, 0.3) is 0 Å². The van der Waals surface area contributed by atoms with E-state index in [4.69, 9.17) is 16.3 Å². The average molecular weight is 313 g/mol. The smallest absolute Gasteiger partial charge is 0.314 e. The number of aromatic hydroxyl groups is 1. The summed E-state index contributed by atoms with van der Waals surface area (Å²) in [7, 11) is 1.45. The standard InChI is InChI=1S/C16H21ClO4/c1-9-11(13(18)14(21-3)10(2)12(9)17)16(15(19)20)7-5-4-6-8-16/h18H,4-8H2,1-3H3,(H,19,20). The summed E-state index contributed by atoms with van der Waals surface area (Å²) in [6, 6.07) is 0. The molecule has 116 valence electrons. The molecule has 2 rings (SSSR count). The van der Waals surface area contributed by atoms with E-state index < -0.39 is 11.4 Å². The van der Waals surface area contributed by atoms with Crippen molar-refractivity contribution in [3.05, 3.63) is 21.7 Å². The first-order valence-corrected chi connectivity index (χ1v) is 7.54. The summed E-state index contributed by atoms with van der Waals surface area (Å²) in [5.74, 6) is -0.712. The van der Waals surface area contributed by atoms with Crippen LogP contribution in [0, 0.1) is 13.8 Å². The Morgan fingerprint density at radius 1 is 1.19 bits per heavy atom. The summed E-state index contributed by atoms with van der Waals surface area (Å²) < 4.78 is 5.24. The molecule has 1 aromatic rings. The molecule has 0 amide bonds. The highest BCUT2D eigenvalue weighted by Gasteiger charge is 2.45. The first-order chi connectivity index (χ1) is 9.86. The molecule has 1 aromatic carbocycles. The molecule has 0 saturated heterocycles. The Hall–Kier alpha value is -1.42. The maximum absolute atomic E-state index is 12.0. The van der Waals surface area contributed by atoms with Crippen molar-refractivity contribution >= 4 is 17.6 Å². The van der Waals surface area contributed by atoms with Crippen LogP contribution in [0.5, 0.6) is 11.5 Å². The lowest BCUT2D eigenvalue weighted by molar-refractivity contribution is -0.145. The van der Waals surface area contributed by atoms with E-state index in [0.29, 0.717) is 34.6 Å². The maximum atomic E-state index is 12.0. The Bertz CT molecular complexity index is 574. The fraction of sp³-hybridized carbons (Fsp3) is 0.562. The van der Waals surface area contributed by atoms with Gasteiger partial charge in [0, 0.05) is 11.1 Å². The lowest BCUT2D eigenvalue weighted by Crippen LogP contribution is -2.38. The van der Waals surface area contributed by atoms with E-state index in [9.17, 15) is 15.0 Å². The van der Waals surface area contributed by atoms with Crippen LogP contribution in [0.1, 0.15) is 48.8 Å². The summed E-state index contributed by atoms with van der Waals surface area (Å²) >= 11 is 6.34. The molecule has 0 aromatic heterocycles. The van der Waals surface area contributed by atoms with Gasteiger partial charge in [-0.25, -0.2) is 0 Å². The number of halogens is 1. The van der Waals surface area contributed by atoms with Crippen LogP contribution >= 0.6 is 11.6 Å². The minimum atomic E-state index is -1.07. The molecule has 21 heavy (non-hydrogen) atoms. The number of rotatable bonds is 3. The van der Waals surface area contributed by atoms with Crippen LogP contribution < -0.4 is 4.74 Å². The number of carboxylic acid groups (broad SMARTS) is 1. The average Bonchev–Trinajstić information content (AvgIpc) is 2.46. The van der Waals surface area contributed by atoms with Crippen LogP contribution in [0.2, 0.25) is 5.02 Å². The van der Waals surface area contributed by atoms with Gasteiger partial charge in [0.1, 0.15) is 0 Å². The predicted molar refractivity (Wildman–Crippen MR) is 81.5 cm³/mol. The minimum Gasteiger partial charge on any atom is -0.504 e. The topological polar surface area (TPSA) is 66.8 Å². The van der Waals surface area contributed by atoms with Gasteiger partial charge in [0.15, 0.2) is 11.5 Å².